The monoisotopic (exact) mass is 505 g/mol. The summed E-state index contributed by atoms with van der Waals surface area (Å²) in [5.41, 5.74) is 2.17. The van der Waals surface area contributed by atoms with Crippen LogP contribution < -0.4 is 10.6 Å². The minimum absolute atomic E-state index is 0. The molecule has 2 aromatic rings. The highest BCUT2D eigenvalue weighted by Crippen LogP contribution is 2.22. The lowest BCUT2D eigenvalue weighted by atomic mass is 9.99. The molecule has 0 spiro atoms. The van der Waals surface area contributed by atoms with Gasteiger partial charge in [0, 0.05) is 23.9 Å². The molecule has 0 aromatic carbocycles. The Labute approximate surface area is 183 Å². The highest BCUT2D eigenvalue weighted by Gasteiger charge is 2.13. The van der Waals surface area contributed by atoms with Crippen molar-refractivity contribution in [2.75, 3.05) is 6.54 Å². The molecule has 0 aliphatic rings. The van der Waals surface area contributed by atoms with Crippen LogP contribution in [0.2, 0.25) is 0 Å². The van der Waals surface area contributed by atoms with Crippen molar-refractivity contribution < 1.29 is 4.52 Å². The van der Waals surface area contributed by atoms with E-state index in [2.05, 4.69) is 65.8 Å². The van der Waals surface area contributed by atoms with Gasteiger partial charge in [-0.25, -0.2) is 9.98 Å². The van der Waals surface area contributed by atoms with Crippen LogP contribution >= 0.6 is 35.3 Å². The molecule has 0 radical (unpaired) electrons. The topological polar surface area (TPSA) is 75.3 Å². The maximum atomic E-state index is 5.45. The van der Waals surface area contributed by atoms with Crippen LogP contribution in [0.15, 0.2) is 21.0 Å². The minimum Gasteiger partial charge on any atom is -0.359 e. The molecule has 0 fully saturated rings. The Hall–Kier alpha value is -1.16. The molecule has 0 bridgehead atoms. The number of hydrogen-bond donors (Lipinski definition) is 2. The Kier molecular flexibility index (Phi) is 10.9. The number of hydrogen-bond acceptors (Lipinski definition) is 5. The number of guanidine groups is 1. The molecule has 0 atom stereocenters. The largest absolute Gasteiger partial charge is 0.359 e. The smallest absolute Gasteiger partial charge is 0.192 e. The highest BCUT2D eigenvalue weighted by molar-refractivity contribution is 14.0. The van der Waals surface area contributed by atoms with Gasteiger partial charge in [0.1, 0.15) is 11.6 Å². The maximum absolute atomic E-state index is 5.45. The third-order valence-electron chi connectivity index (χ3n) is 4.29. The average Bonchev–Trinajstić information content (AvgIpc) is 3.28. The van der Waals surface area contributed by atoms with E-state index in [4.69, 9.17) is 4.52 Å². The Morgan fingerprint density at radius 3 is 2.52 bits per heavy atom. The Morgan fingerprint density at radius 1 is 1.19 bits per heavy atom. The van der Waals surface area contributed by atoms with Crippen LogP contribution in [-0.4, -0.2) is 22.6 Å². The summed E-state index contributed by atoms with van der Waals surface area (Å²) in [6.45, 7) is 12.7. The first-order valence-electron chi connectivity index (χ1n) is 9.49. The van der Waals surface area contributed by atoms with Crippen molar-refractivity contribution in [1.82, 2.24) is 20.8 Å². The molecule has 0 amide bonds. The summed E-state index contributed by atoms with van der Waals surface area (Å²) in [4.78, 5) is 9.25. The molecular weight excluding hydrogens is 473 g/mol. The van der Waals surface area contributed by atoms with Gasteiger partial charge in [-0.2, -0.15) is 0 Å². The standard InChI is InChI=1S/C19H31N5OS.HI/c1-6-14(7-2)16-9-15(25-24-16)10-21-19(20-8-3)22-11-18-23-17(12-26-18)13(4)5;/h9,12-14H,6-8,10-11H2,1-5H3,(H2,20,21,22);1H. The predicted octanol–water partition coefficient (Wildman–Crippen LogP) is 5.03. The van der Waals surface area contributed by atoms with Gasteiger partial charge >= 0.3 is 0 Å². The average molecular weight is 505 g/mol. The summed E-state index contributed by atoms with van der Waals surface area (Å²) in [7, 11) is 0. The van der Waals surface area contributed by atoms with E-state index in [9.17, 15) is 0 Å². The molecule has 2 heterocycles. The highest BCUT2D eigenvalue weighted by atomic mass is 127. The molecule has 0 aliphatic heterocycles. The number of rotatable bonds is 9. The number of nitrogens with zero attached hydrogens (tertiary/aromatic N) is 3. The first-order chi connectivity index (χ1) is 12.6. The van der Waals surface area contributed by atoms with Crippen LogP contribution in [0.1, 0.15) is 81.5 Å². The first-order valence-corrected chi connectivity index (χ1v) is 10.4. The molecular formula is C19H32IN5OS. The zero-order valence-corrected chi connectivity index (χ0v) is 20.1. The van der Waals surface area contributed by atoms with E-state index in [1.807, 2.05) is 6.07 Å². The summed E-state index contributed by atoms with van der Waals surface area (Å²) in [6.07, 6.45) is 2.14. The van der Waals surface area contributed by atoms with Crippen molar-refractivity contribution in [3.8, 4) is 0 Å². The van der Waals surface area contributed by atoms with Crippen LogP contribution in [-0.2, 0) is 13.1 Å². The molecule has 6 nitrogen and oxygen atoms in total. The Balaban J connectivity index is 0.00000364. The van der Waals surface area contributed by atoms with Crippen LogP contribution in [0.5, 0.6) is 0 Å². The summed E-state index contributed by atoms with van der Waals surface area (Å²) in [5.74, 6) is 2.47. The van der Waals surface area contributed by atoms with Gasteiger partial charge < -0.3 is 15.2 Å². The van der Waals surface area contributed by atoms with Crippen molar-refractivity contribution in [3.05, 3.63) is 33.6 Å². The maximum Gasteiger partial charge on any atom is 0.192 e. The lowest BCUT2D eigenvalue weighted by molar-refractivity contribution is 0.372. The summed E-state index contributed by atoms with van der Waals surface area (Å²) in [5, 5.41) is 14.0. The second-order valence-corrected chi connectivity index (χ2v) is 7.54. The van der Waals surface area contributed by atoms with Gasteiger partial charge in [-0.15, -0.1) is 35.3 Å². The van der Waals surface area contributed by atoms with E-state index in [1.165, 1.54) is 0 Å². The van der Waals surface area contributed by atoms with Gasteiger partial charge in [0.2, 0.25) is 0 Å². The number of thiazole rings is 1. The van der Waals surface area contributed by atoms with E-state index in [0.29, 0.717) is 24.9 Å². The van der Waals surface area contributed by atoms with Gasteiger partial charge in [0.05, 0.1) is 17.9 Å². The van der Waals surface area contributed by atoms with Crippen LogP contribution in [0.3, 0.4) is 0 Å². The molecule has 0 aliphatic carbocycles. The molecule has 8 heteroatoms. The molecule has 0 unspecified atom stereocenters. The molecule has 2 aromatic heterocycles. The Morgan fingerprint density at radius 2 is 1.93 bits per heavy atom. The second-order valence-electron chi connectivity index (χ2n) is 6.60. The lowest BCUT2D eigenvalue weighted by Gasteiger charge is -2.09. The van der Waals surface area contributed by atoms with Gasteiger partial charge in [0.15, 0.2) is 11.7 Å². The summed E-state index contributed by atoms with van der Waals surface area (Å²) < 4.78 is 5.45. The zero-order chi connectivity index (χ0) is 18.9. The van der Waals surface area contributed by atoms with Crippen molar-refractivity contribution in [2.45, 2.75) is 72.4 Å². The van der Waals surface area contributed by atoms with Gasteiger partial charge in [-0.05, 0) is 25.7 Å². The number of aliphatic imine (C=N–C) groups is 1. The minimum atomic E-state index is 0. The summed E-state index contributed by atoms with van der Waals surface area (Å²) >= 11 is 1.68. The fourth-order valence-corrected chi connectivity index (χ4v) is 3.53. The van der Waals surface area contributed by atoms with Crippen molar-refractivity contribution in [3.63, 3.8) is 0 Å². The zero-order valence-electron chi connectivity index (χ0n) is 16.9. The molecule has 2 N–H and O–H groups in total. The van der Waals surface area contributed by atoms with Crippen LogP contribution in [0, 0.1) is 0 Å². The van der Waals surface area contributed by atoms with E-state index in [-0.39, 0.29) is 24.0 Å². The SMILES string of the molecule is CCNC(=NCc1cc(C(CC)CC)no1)NCc1nc(C(C)C)cs1.I. The van der Waals surface area contributed by atoms with Gasteiger partial charge in [0.25, 0.3) is 0 Å². The third kappa shape index (κ3) is 7.40. The lowest BCUT2D eigenvalue weighted by Crippen LogP contribution is -2.36. The van der Waals surface area contributed by atoms with E-state index in [0.717, 1.165) is 47.5 Å². The number of aromatic nitrogens is 2. The number of halogens is 1. The predicted molar refractivity (Wildman–Crippen MR) is 123 cm³/mol. The molecule has 27 heavy (non-hydrogen) atoms. The van der Waals surface area contributed by atoms with Crippen molar-refractivity contribution in [2.24, 2.45) is 4.99 Å². The number of nitrogens with one attached hydrogen (secondary N) is 2. The fourth-order valence-electron chi connectivity index (χ4n) is 2.63. The van der Waals surface area contributed by atoms with Crippen LogP contribution in [0.4, 0.5) is 0 Å². The third-order valence-corrected chi connectivity index (χ3v) is 5.15. The van der Waals surface area contributed by atoms with E-state index >= 15 is 0 Å². The normalized spacial score (nSPS) is 11.7. The van der Waals surface area contributed by atoms with Gasteiger partial charge in [-0.3, -0.25) is 0 Å². The van der Waals surface area contributed by atoms with Crippen molar-refractivity contribution in [1.29, 1.82) is 0 Å². The molecule has 0 saturated heterocycles. The van der Waals surface area contributed by atoms with E-state index < -0.39 is 0 Å². The van der Waals surface area contributed by atoms with Crippen LogP contribution in [0.25, 0.3) is 0 Å². The fraction of sp³-hybridized carbons (Fsp3) is 0.632. The van der Waals surface area contributed by atoms with Crippen molar-refractivity contribution >= 4 is 41.3 Å². The Bertz CT molecular complexity index is 694. The van der Waals surface area contributed by atoms with Gasteiger partial charge in [-0.1, -0.05) is 32.9 Å². The van der Waals surface area contributed by atoms with E-state index in [1.54, 1.807) is 11.3 Å². The molecule has 0 saturated carbocycles. The summed E-state index contributed by atoms with van der Waals surface area (Å²) in [6, 6.07) is 2.03. The first kappa shape index (κ1) is 23.9. The quantitative estimate of drug-likeness (QED) is 0.284. The molecule has 2 rings (SSSR count). The molecule has 152 valence electrons. The second kappa shape index (κ2) is 12.3.